The molecule has 15 rings (SSSR count). The summed E-state index contributed by atoms with van der Waals surface area (Å²) in [4.78, 5) is 2.41. The lowest BCUT2D eigenvalue weighted by Gasteiger charge is -2.27. The fourth-order valence-corrected chi connectivity index (χ4v) is 11.9. The summed E-state index contributed by atoms with van der Waals surface area (Å²) in [5.74, 6) is 0. The van der Waals surface area contributed by atoms with Gasteiger partial charge in [0.05, 0.1) is 27.8 Å². The van der Waals surface area contributed by atoms with Gasteiger partial charge in [-0.05, 0) is 139 Å². The van der Waals surface area contributed by atoms with Crippen LogP contribution in [0.2, 0.25) is 0 Å². The van der Waals surface area contributed by atoms with E-state index in [1.165, 1.54) is 82.1 Å². The SMILES string of the molecule is c1cc(-c2ccc(N(c3ccc(-c4cccc5c4c4ccccc4n5-c4cccc5ccccc45)cc3)c3ccc(-c4cccc5ccccc45)c4oc5ccccc5c34)cc2)cc(-c2ccc3ccccc3c2)c1. The molecule has 0 fully saturated rings. The van der Waals surface area contributed by atoms with Crippen LogP contribution in [0.15, 0.2) is 283 Å². The zero-order chi connectivity index (χ0) is 49.4. The highest BCUT2D eigenvalue weighted by atomic mass is 16.3. The predicted octanol–water partition coefficient (Wildman–Crippen LogP) is 20.3. The third-order valence-electron chi connectivity index (χ3n) is 15.4. The normalized spacial score (nSPS) is 11.7. The molecule has 0 aliphatic rings. The van der Waals surface area contributed by atoms with Gasteiger partial charge in [0.2, 0.25) is 0 Å². The molecule has 0 aliphatic carbocycles. The molecule has 3 nitrogen and oxygen atoms in total. The number of aromatic nitrogens is 1. The van der Waals surface area contributed by atoms with Gasteiger partial charge < -0.3 is 13.9 Å². The first-order valence-electron chi connectivity index (χ1n) is 25.7. The van der Waals surface area contributed by atoms with Gasteiger partial charge in [0.1, 0.15) is 11.2 Å². The van der Waals surface area contributed by atoms with Gasteiger partial charge in [-0.3, -0.25) is 0 Å². The highest BCUT2D eigenvalue weighted by molar-refractivity contribution is 6.19. The van der Waals surface area contributed by atoms with Crippen molar-refractivity contribution >= 4 is 93.1 Å². The Hall–Kier alpha value is -9.96. The van der Waals surface area contributed by atoms with Crippen LogP contribution in [0.3, 0.4) is 0 Å². The average Bonchev–Trinajstić information content (AvgIpc) is 4.04. The first kappa shape index (κ1) is 42.7. The summed E-state index contributed by atoms with van der Waals surface area (Å²) in [6.45, 7) is 0. The maximum atomic E-state index is 6.98. The largest absolute Gasteiger partial charge is 0.455 e. The number of hydrogen-bond acceptors (Lipinski definition) is 2. The highest BCUT2D eigenvalue weighted by Gasteiger charge is 2.24. The van der Waals surface area contributed by atoms with Crippen LogP contribution in [0.25, 0.3) is 126 Å². The van der Waals surface area contributed by atoms with Crippen LogP contribution >= 0.6 is 0 Å². The Balaban J connectivity index is 0.894. The molecule has 0 spiro atoms. The van der Waals surface area contributed by atoms with E-state index in [9.17, 15) is 0 Å². The lowest BCUT2D eigenvalue weighted by molar-refractivity contribution is 0.670. The monoisotopic (exact) mass is 954 g/mol. The van der Waals surface area contributed by atoms with Crippen LogP contribution in [0, 0.1) is 0 Å². The fraction of sp³-hybridized carbons (Fsp3) is 0. The molecule has 0 radical (unpaired) electrons. The summed E-state index contributed by atoms with van der Waals surface area (Å²) in [5.41, 5.74) is 17.7. The molecule has 3 heteroatoms. The van der Waals surface area contributed by atoms with Crippen LogP contribution in [0.5, 0.6) is 0 Å². The second-order valence-corrected chi connectivity index (χ2v) is 19.6. The van der Waals surface area contributed by atoms with E-state index < -0.39 is 0 Å². The Morgan fingerprint density at radius 2 is 0.840 bits per heavy atom. The van der Waals surface area contributed by atoms with Gasteiger partial charge in [0.15, 0.2) is 0 Å². The first-order valence-corrected chi connectivity index (χ1v) is 25.7. The van der Waals surface area contributed by atoms with Crippen molar-refractivity contribution < 1.29 is 4.42 Å². The molecule has 0 saturated carbocycles. The van der Waals surface area contributed by atoms with E-state index in [1.807, 2.05) is 0 Å². The highest BCUT2D eigenvalue weighted by Crippen LogP contribution is 2.48. The van der Waals surface area contributed by atoms with E-state index in [0.717, 1.165) is 61.3 Å². The number of furan rings is 1. The number of hydrogen-bond donors (Lipinski definition) is 0. The van der Waals surface area contributed by atoms with Gasteiger partial charge >= 0.3 is 0 Å². The Morgan fingerprint density at radius 3 is 1.64 bits per heavy atom. The van der Waals surface area contributed by atoms with Gasteiger partial charge in [0, 0.05) is 38.5 Å². The third kappa shape index (κ3) is 7.05. The molecule has 0 bridgehead atoms. The smallest absolute Gasteiger partial charge is 0.145 e. The standard InChI is InChI=1S/C72H46N2O/c1-2-18-52-46-55(34-33-47(52)15-1)54-22-11-21-53(45-54)48-35-39-56(40-36-48)73(68-44-43-62(61-28-12-19-49-16-3-5-23-58(49)61)72-71(68)64-26-8-10-32-69(64)75-72)57-41-37-51(38-42-57)60-27-14-31-67-70(60)63-25-7-9-29-66(63)74(67)65-30-13-20-50-17-4-6-24-59(50)65/h1-46H. The van der Waals surface area contributed by atoms with Crippen molar-refractivity contribution in [2.75, 3.05) is 4.90 Å². The molecular weight excluding hydrogens is 909 g/mol. The van der Waals surface area contributed by atoms with Crippen LogP contribution in [0.1, 0.15) is 0 Å². The van der Waals surface area contributed by atoms with Crippen LogP contribution in [-0.2, 0) is 0 Å². The molecule has 75 heavy (non-hydrogen) atoms. The maximum absolute atomic E-state index is 6.98. The van der Waals surface area contributed by atoms with E-state index in [4.69, 9.17) is 4.42 Å². The summed E-state index contributed by atoms with van der Waals surface area (Å²) in [5, 5.41) is 11.9. The zero-order valence-electron chi connectivity index (χ0n) is 40.9. The van der Waals surface area contributed by atoms with Crippen molar-refractivity contribution in [3.63, 3.8) is 0 Å². The van der Waals surface area contributed by atoms with Crippen LogP contribution in [-0.4, -0.2) is 4.57 Å². The minimum atomic E-state index is 0.856. The van der Waals surface area contributed by atoms with Gasteiger partial charge in [-0.15, -0.1) is 0 Å². The van der Waals surface area contributed by atoms with Crippen molar-refractivity contribution in [3.8, 4) is 50.2 Å². The zero-order valence-corrected chi connectivity index (χ0v) is 40.9. The molecule has 15 aromatic rings. The number of rotatable bonds is 8. The summed E-state index contributed by atoms with van der Waals surface area (Å²) in [6, 6.07) is 101. The van der Waals surface area contributed by atoms with E-state index >= 15 is 0 Å². The molecule has 0 N–H and O–H groups in total. The second-order valence-electron chi connectivity index (χ2n) is 19.6. The van der Waals surface area contributed by atoms with Gasteiger partial charge in [-0.25, -0.2) is 0 Å². The Kier molecular flexibility index (Phi) is 9.89. The molecule has 2 heterocycles. The summed E-state index contributed by atoms with van der Waals surface area (Å²) < 4.78 is 9.42. The van der Waals surface area contributed by atoms with Crippen molar-refractivity contribution in [1.29, 1.82) is 0 Å². The number of fused-ring (bicyclic) bond motifs is 9. The average molecular weight is 955 g/mol. The van der Waals surface area contributed by atoms with Gasteiger partial charge in [-0.1, -0.05) is 206 Å². The number of anilines is 3. The van der Waals surface area contributed by atoms with Crippen molar-refractivity contribution in [3.05, 3.63) is 279 Å². The van der Waals surface area contributed by atoms with E-state index in [2.05, 4.69) is 289 Å². The first-order chi connectivity index (χ1) is 37.2. The van der Waals surface area contributed by atoms with E-state index in [-0.39, 0.29) is 0 Å². The lowest BCUT2D eigenvalue weighted by Crippen LogP contribution is -2.10. The molecule has 0 atom stereocenters. The summed E-state index contributed by atoms with van der Waals surface area (Å²) >= 11 is 0. The van der Waals surface area contributed by atoms with Crippen molar-refractivity contribution in [2.24, 2.45) is 0 Å². The van der Waals surface area contributed by atoms with Gasteiger partial charge in [0.25, 0.3) is 0 Å². The Morgan fingerprint density at radius 1 is 0.293 bits per heavy atom. The maximum Gasteiger partial charge on any atom is 0.145 e. The quantitative estimate of drug-likeness (QED) is 0.151. The van der Waals surface area contributed by atoms with Crippen LogP contribution < -0.4 is 4.90 Å². The van der Waals surface area contributed by atoms with Gasteiger partial charge in [-0.2, -0.15) is 0 Å². The minimum absolute atomic E-state index is 0.856. The number of para-hydroxylation sites is 2. The summed E-state index contributed by atoms with van der Waals surface area (Å²) in [6.07, 6.45) is 0. The third-order valence-corrected chi connectivity index (χ3v) is 15.4. The predicted molar refractivity (Wildman–Crippen MR) is 317 cm³/mol. The number of nitrogens with zero attached hydrogens (tertiary/aromatic N) is 2. The molecule has 350 valence electrons. The summed E-state index contributed by atoms with van der Waals surface area (Å²) in [7, 11) is 0. The second kappa shape index (κ2) is 17.4. The van der Waals surface area contributed by atoms with E-state index in [0.29, 0.717) is 0 Å². The molecular formula is C72H46N2O. The minimum Gasteiger partial charge on any atom is -0.455 e. The van der Waals surface area contributed by atoms with Crippen LogP contribution in [0.4, 0.5) is 17.1 Å². The van der Waals surface area contributed by atoms with Crippen molar-refractivity contribution in [2.45, 2.75) is 0 Å². The molecule has 0 amide bonds. The van der Waals surface area contributed by atoms with E-state index in [1.54, 1.807) is 0 Å². The molecule has 2 aromatic heterocycles. The molecule has 0 unspecified atom stereocenters. The topological polar surface area (TPSA) is 21.3 Å². The molecule has 13 aromatic carbocycles. The lowest BCUT2D eigenvalue weighted by atomic mass is 9.95. The molecule has 0 aliphatic heterocycles. The fourth-order valence-electron chi connectivity index (χ4n) is 11.9. The molecule has 0 saturated heterocycles. The van der Waals surface area contributed by atoms with Crippen molar-refractivity contribution in [1.82, 2.24) is 4.57 Å². The Labute approximate surface area is 434 Å². The Bertz CT molecular complexity index is 4700. The number of benzene rings is 13.